The Morgan fingerprint density at radius 2 is 1.95 bits per heavy atom. The Labute approximate surface area is 143 Å². The molecule has 0 saturated heterocycles. The molecule has 1 saturated carbocycles. The lowest BCUT2D eigenvalue weighted by Gasteiger charge is -2.23. The SMILES string of the molecule is Cc1cc2cccc(C3=C(CN(C)C)C4CCC3C4)c2s1.Cl. The average Bonchev–Trinajstić information content (AvgIpc) is 3.10. The van der Waals surface area contributed by atoms with Crippen LogP contribution in [0.2, 0.25) is 0 Å². The molecule has 2 aromatic rings. The van der Waals surface area contributed by atoms with Crippen LogP contribution < -0.4 is 0 Å². The third-order valence-electron chi connectivity index (χ3n) is 5.12. The van der Waals surface area contributed by atoms with E-state index in [9.17, 15) is 0 Å². The molecule has 1 nitrogen and oxygen atoms in total. The highest BCUT2D eigenvalue weighted by Crippen LogP contribution is 2.53. The van der Waals surface area contributed by atoms with Gasteiger partial charge in [-0.1, -0.05) is 18.2 Å². The lowest BCUT2D eigenvalue weighted by molar-refractivity contribution is 0.423. The number of likely N-dealkylation sites (N-methyl/N-ethyl adjacent to an activating group) is 1. The fourth-order valence-corrected chi connectivity index (χ4v) is 5.43. The second-order valence-corrected chi connectivity index (χ2v) is 8.22. The fourth-order valence-electron chi connectivity index (χ4n) is 4.39. The van der Waals surface area contributed by atoms with Crippen molar-refractivity contribution in [2.45, 2.75) is 26.2 Å². The number of benzene rings is 1. The molecule has 0 spiro atoms. The molecule has 4 rings (SSSR count). The highest BCUT2D eigenvalue weighted by Gasteiger charge is 2.39. The Kier molecular flexibility index (Phi) is 4.37. The van der Waals surface area contributed by atoms with Crippen LogP contribution in [0.5, 0.6) is 0 Å². The molecule has 2 unspecified atom stereocenters. The van der Waals surface area contributed by atoms with Crippen LogP contribution in [-0.2, 0) is 0 Å². The van der Waals surface area contributed by atoms with E-state index in [1.807, 2.05) is 11.3 Å². The fraction of sp³-hybridized carbons (Fsp3) is 0.474. The summed E-state index contributed by atoms with van der Waals surface area (Å²) >= 11 is 1.97. The molecule has 1 aromatic heterocycles. The van der Waals surface area contributed by atoms with Crippen molar-refractivity contribution in [2.24, 2.45) is 11.8 Å². The van der Waals surface area contributed by atoms with Gasteiger partial charge >= 0.3 is 0 Å². The van der Waals surface area contributed by atoms with Gasteiger partial charge in [-0.2, -0.15) is 0 Å². The molecule has 2 aliphatic carbocycles. The number of hydrogen-bond acceptors (Lipinski definition) is 2. The second kappa shape index (κ2) is 5.99. The molecule has 2 bridgehead atoms. The summed E-state index contributed by atoms with van der Waals surface area (Å²) in [4.78, 5) is 3.77. The standard InChI is InChI=1S/C19H23NS.ClH/c1-12-9-15-5-4-6-16(19(15)21-12)18-14-8-7-13(10-14)17(18)11-20(2)3;/h4-6,9,13-14H,7-8,10-11H2,1-3H3;1H. The predicted molar refractivity (Wildman–Crippen MR) is 100 cm³/mol. The minimum Gasteiger partial charge on any atom is -0.305 e. The van der Waals surface area contributed by atoms with Crippen LogP contribution >= 0.6 is 23.7 Å². The van der Waals surface area contributed by atoms with Gasteiger partial charge in [-0.15, -0.1) is 23.7 Å². The molecule has 3 heteroatoms. The first kappa shape index (κ1) is 16.0. The quantitative estimate of drug-likeness (QED) is 0.729. The van der Waals surface area contributed by atoms with E-state index in [0.29, 0.717) is 0 Å². The largest absolute Gasteiger partial charge is 0.305 e. The van der Waals surface area contributed by atoms with Gasteiger partial charge in [-0.25, -0.2) is 0 Å². The van der Waals surface area contributed by atoms with E-state index in [1.165, 1.54) is 39.8 Å². The van der Waals surface area contributed by atoms with Crippen molar-refractivity contribution in [3.8, 4) is 0 Å². The Bertz CT molecular complexity index is 728. The molecule has 0 radical (unpaired) electrons. The van der Waals surface area contributed by atoms with Crippen molar-refractivity contribution in [2.75, 3.05) is 20.6 Å². The minimum absolute atomic E-state index is 0. The molecule has 0 N–H and O–H groups in total. The first-order valence-corrected chi connectivity index (χ1v) is 8.82. The molecule has 2 atom stereocenters. The van der Waals surface area contributed by atoms with E-state index in [2.05, 4.69) is 50.2 Å². The Balaban J connectivity index is 0.00000144. The third kappa shape index (κ3) is 2.51. The first-order chi connectivity index (χ1) is 10.1. The van der Waals surface area contributed by atoms with Crippen LogP contribution in [0.3, 0.4) is 0 Å². The molecule has 0 aliphatic heterocycles. The summed E-state index contributed by atoms with van der Waals surface area (Å²) in [5.41, 5.74) is 4.97. The molecule has 1 fully saturated rings. The lowest BCUT2D eigenvalue weighted by Crippen LogP contribution is -2.19. The summed E-state index contributed by atoms with van der Waals surface area (Å²) in [5, 5.41) is 1.43. The topological polar surface area (TPSA) is 3.24 Å². The van der Waals surface area contributed by atoms with Crippen molar-refractivity contribution in [1.82, 2.24) is 4.90 Å². The molecule has 1 heterocycles. The zero-order valence-electron chi connectivity index (χ0n) is 13.6. The molecular formula is C19H24ClNS. The van der Waals surface area contributed by atoms with Gasteiger partial charge in [-0.05, 0) is 80.3 Å². The smallest absolute Gasteiger partial charge is 0.0420 e. The van der Waals surface area contributed by atoms with Gasteiger partial charge in [0.15, 0.2) is 0 Å². The van der Waals surface area contributed by atoms with E-state index in [-0.39, 0.29) is 12.4 Å². The summed E-state index contributed by atoms with van der Waals surface area (Å²) in [7, 11) is 4.40. The Hall–Kier alpha value is -0.830. The van der Waals surface area contributed by atoms with Gasteiger partial charge in [0, 0.05) is 16.1 Å². The molecule has 2 aliphatic rings. The summed E-state index contributed by atoms with van der Waals surface area (Å²) in [6.07, 6.45) is 4.22. The van der Waals surface area contributed by atoms with Crippen molar-refractivity contribution in [3.05, 3.63) is 40.3 Å². The van der Waals surface area contributed by atoms with Gasteiger partial charge in [0.2, 0.25) is 0 Å². The van der Waals surface area contributed by atoms with Gasteiger partial charge in [0.05, 0.1) is 0 Å². The maximum atomic E-state index is 2.37. The van der Waals surface area contributed by atoms with Crippen LogP contribution in [0, 0.1) is 18.8 Å². The zero-order chi connectivity index (χ0) is 14.6. The summed E-state index contributed by atoms with van der Waals surface area (Å²) in [5.74, 6) is 1.67. The first-order valence-electron chi connectivity index (χ1n) is 8.00. The molecule has 0 amide bonds. The van der Waals surface area contributed by atoms with Gasteiger partial charge < -0.3 is 4.90 Å². The summed E-state index contributed by atoms with van der Waals surface area (Å²) < 4.78 is 1.51. The van der Waals surface area contributed by atoms with E-state index >= 15 is 0 Å². The molecule has 1 aromatic carbocycles. The number of thiophene rings is 1. The summed E-state index contributed by atoms with van der Waals surface area (Å²) in [6, 6.07) is 9.21. The van der Waals surface area contributed by atoms with Gasteiger partial charge in [0.1, 0.15) is 0 Å². The van der Waals surface area contributed by atoms with Gasteiger partial charge in [-0.3, -0.25) is 0 Å². The van der Waals surface area contributed by atoms with Crippen LogP contribution in [0.25, 0.3) is 15.7 Å². The van der Waals surface area contributed by atoms with Crippen LogP contribution in [0.1, 0.15) is 29.7 Å². The lowest BCUT2D eigenvalue weighted by atomic mass is 9.86. The molecule has 118 valence electrons. The maximum Gasteiger partial charge on any atom is 0.0420 e. The second-order valence-electron chi connectivity index (χ2n) is 6.96. The number of fused-ring (bicyclic) bond motifs is 3. The molecular weight excluding hydrogens is 310 g/mol. The van der Waals surface area contributed by atoms with E-state index in [1.54, 1.807) is 11.1 Å². The van der Waals surface area contributed by atoms with E-state index < -0.39 is 0 Å². The van der Waals surface area contributed by atoms with Gasteiger partial charge in [0.25, 0.3) is 0 Å². The summed E-state index contributed by atoms with van der Waals surface area (Å²) in [6.45, 7) is 3.36. The van der Waals surface area contributed by atoms with Crippen molar-refractivity contribution < 1.29 is 0 Å². The van der Waals surface area contributed by atoms with E-state index in [4.69, 9.17) is 0 Å². The number of halogens is 1. The number of rotatable bonds is 3. The average molecular weight is 334 g/mol. The van der Waals surface area contributed by atoms with Crippen molar-refractivity contribution in [1.29, 1.82) is 0 Å². The minimum atomic E-state index is 0. The number of nitrogens with zero attached hydrogens (tertiary/aromatic N) is 1. The number of aryl methyl sites for hydroxylation is 1. The van der Waals surface area contributed by atoms with E-state index in [0.717, 1.165) is 18.4 Å². The van der Waals surface area contributed by atoms with Crippen LogP contribution in [0.4, 0.5) is 0 Å². The number of allylic oxidation sites excluding steroid dienone is 1. The Morgan fingerprint density at radius 1 is 1.18 bits per heavy atom. The van der Waals surface area contributed by atoms with Crippen LogP contribution in [0.15, 0.2) is 29.8 Å². The zero-order valence-corrected chi connectivity index (χ0v) is 15.2. The molecule has 22 heavy (non-hydrogen) atoms. The Morgan fingerprint density at radius 3 is 2.73 bits per heavy atom. The van der Waals surface area contributed by atoms with Crippen molar-refractivity contribution in [3.63, 3.8) is 0 Å². The highest BCUT2D eigenvalue weighted by atomic mass is 35.5. The number of hydrogen-bond donors (Lipinski definition) is 0. The monoisotopic (exact) mass is 333 g/mol. The maximum absolute atomic E-state index is 2.37. The van der Waals surface area contributed by atoms with Crippen molar-refractivity contribution >= 4 is 39.4 Å². The van der Waals surface area contributed by atoms with Crippen LogP contribution in [-0.4, -0.2) is 25.5 Å². The highest BCUT2D eigenvalue weighted by molar-refractivity contribution is 7.19. The third-order valence-corrected chi connectivity index (χ3v) is 6.22. The predicted octanol–water partition coefficient (Wildman–Crippen LogP) is 5.38. The normalized spacial score (nSPS) is 23.6.